The van der Waals surface area contributed by atoms with Gasteiger partial charge in [-0.25, -0.2) is 0 Å². The number of hydrogen-bond donors (Lipinski definition) is 0. The van der Waals surface area contributed by atoms with Crippen molar-refractivity contribution in [2.45, 2.75) is 34.5 Å². The van der Waals surface area contributed by atoms with E-state index >= 15 is 0 Å². The Bertz CT molecular complexity index is 96.2. The molecule has 0 aliphatic heterocycles. The van der Waals surface area contributed by atoms with Gasteiger partial charge in [-0.2, -0.15) is 0 Å². The molecule has 11 heavy (non-hydrogen) atoms. The third-order valence-electron chi connectivity index (χ3n) is 1.31. The molecule has 0 nitrogen and oxygen atoms in total. The second-order valence-electron chi connectivity index (χ2n) is 5.72. The third-order valence-corrected chi connectivity index (χ3v) is 20.4. The van der Waals surface area contributed by atoms with Crippen LogP contribution in [-0.2, 0) is 0 Å². The van der Waals surface area contributed by atoms with E-state index in [-0.39, 0.29) is 0 Å². The van der Waals surface area contributed by atoms with E-state index in [0.29, 0.717) is 0 Å². The zero-order chi connectivity index (χ0) is 9.12. The molecule has 0 aliphatic rings. The molecule has 0 saturated heterocycles. The molecule has 0 amide bonds. The van der Waals surface area contributed by atoms with Crippen LogP contribution in [0, 0.1) is 0 Å². The minimum atomic E-state index is -1.16. The molecule has 0 aromatic rings. The zero-order valence-electron chi connectivity index (χ0n) is 8.91. The van der Waals surface area contributed by atoms with Crippen LogP contribution in [0.5, 0.6) is 0 Å². The van der Waals surface area contributed by atoms with E-state index in [2.05, 4.69) is 34.5 Å². The standard InChI is InChI=1S/C8H23Ge2P/c1-9(2,3)7-11-8-10(4,5)6/h11H,7-8H2,1-6H3. The fraction of sp³-hybridized carbons (Fsp3) is 1.00. The van der Waals surface area contributed by atoms with Crippen LogP contribution >= 0.6 is 8.58 Å². The summed E-state index contributed by atoms with van der Waals surface area (Å²) in [7, 11) is 1.30. The normalized spacial score (nSPS) is 13.6. The maximum absolute atomic E-state index is 2.53. The molecule has 0 unspecified atom stereocenters. The van der Waals surface area contributed by atoms with Crippen LogP contribution < -0.4 is 0 Å². The first kappa shape index (κ1) is 12.5. The van der Waals surface area contributed by atoms with E-state index in [1.54, 1.807) is 9.99 Å². The molecule has 0 aromatic carbocycles. The van der Waals surface area contributed by atoms with E-state index < -0.39 is 26.5 Å². The summed E-state index contributed by atoms with van der Waals surface area (Å²) in [5.74, 6) is 15.2. The van der Waals surface area contributed by atoms with Gasteiger partial charge in [-0.05, 0) is 0 Å². The molecular weight excluding hydrogens is 272 g/mol. The van der Waals surface area contributed by atoms with Crippen LogP contribution in [0.15, 0.2) is 0 Å². The predicted molar refractivity (Wildman–Crippen MR) is 64.7 cm³/mol. The van der Waals surface area contributed by atoms with Crippen LogP contribution in [0.25, 0.3) is 0 Å². The SMILES string of the molecule is [CH3][Ge]([CH3])([CH3])[CH2]P[CH2][Ge]([CH3])([CH3])[CH3]. The van der Waals surface area contributed by atoms with E-state index in [1.807, 2.05) is 0 Å². The fourth-order valence-electron chi connectivity index (χ4n) is 0.812. The molecule has 3 heteroatoms. The van der Waals surface area contributed by atoms with Crippen LogP contribution in [0.4, 0.5) is 0 Å². The average Bonchev–Trinajstić information content (AvgIpc) is 1.55. The summed E-state index contributed by atoms with van der Waals surface area (Å²) in [6, 6.07) is 0. The molecule has 0 spiro atoms. The first-order valence-corrected chi connectivity index (χ1v) is 21.4. The number of hydrogen-bond acceptors (Lipinski definition) is 0. The summed E-state index contributed by atoms with van der Waals surface area (Å²) in [5.41, 5.74) is 0. The third kappa shape index (κ3) is 11.5. The van der Waals surface area contributed by atoms with Crippen molar-refractivity contribution in [2.75, 3.05) is 9.99 Å². The van der Waals surface area contributed by atoms with Crippen LogP contribution in [-0.4, -0.2) is 36.5 Å². The molecule has 0 heterocycles. The molecule has 68 valence electrons. The summed E-state index contributed by atoms with van der Waals surface area (Å²) in [5, 5.41) is 0. The molecule has 0 bridgehead atoms. The molecule has 0 rings (SSSR count). The number of rotatable bonds is 4. The quantitative estimate of drug-likeness (QED) is 0.551. The second-order valence-corrected chi connectivity index (χ2v) is 32.9. The van der Waals surface area contributed by atoms with Gasteiger partial charge in [0.1, 0.15) is 0 Å². The van der Waals surface area contributed by atoms with E-state index in [1.165, 1.54) is 8.58 Å². The molecule has 0 saturated carbocycles. The van der Waals surface area contributed by atoms with Gasteiger partial charge in [0, 0.05) is 0 Å². The first-order valence-electron chi connectivity index (χ1n) is 4.41. The van der Waals surface area contributed by atoms with Crippen molar-refractivity contribution in [3.63, 3.8) is 0 Å². The van der Waals surface area contributed by atoms with Gasteiger partial charge in [-0.15, -0.1) is 0 Å². The van der Waals surface area contributed by atoms with Gasteiger partial charge in [-0.3, -0.25) is 0 Å². The Labute approximate surface area is 79.4 Å². The minimum absolute atomic E-state index is 1.16. The van der Waals surface area contributed by atoms with Gasteiger partial charge in [0.25, 0.3) is 0 Å². The molecule has 0 aliphatic carbocycles. The Hall–Kier alpha value is 1.52. The maximum atomic E-state index is 2.53. The molecule has 0 fully saturated rings. The van der Waals surface area contributed by atoms with Gasteiger partial charge in [-0.1, -0.05) is 0 Å². The fourth-order valence-corrected chi connectivity index (χ4v) is 16.8. The van der Waals surface area contributed by atoms with E-state index in [4.69, 9.17) is 0 Å². The van der Waals surface area contributed by atoms with Crippen molar-refractivity contribution in [1.29, 1.82) is 0 Å². The Kier molecular flexibility index (Phi) is 5.31. The molecular formula is C8H23Ge2P. The van der Waals surface area contributed by atoms with Crippen molar-refractivity contribution in [3.05, 3.63) is 0 Å². The molecule has 0 atom stereocenters. The summed E-state index contributed by atoms with van der Waals surface area (Å²) < 4.78 is 0. The van der Waals surface area contributed by atoms with E-state index in [0.717, 1.165) is 0 Å². The molecule has 0 aromatic heterocycles. The van der Waals surface area contributed by atoms with E-state index in [9.17, 15) is 0 Å². The predicted octanol–water partition coefficient (Wildman–Crippen LogP) is 3.42. The Morgan fingerprint density at radius 1 is 0.727 bits per heavy atom. The molecule has 0 N–H and O–H groups in total. The van der Waals surface area contributed by atoms with Crippen molar-refractivity contribution >= 4 is 35.1 Å². The summed E-state index contributed by atoms with van der Waals surface area (Å²) >= 11 is -2.32. The van der Waals surface area contributed by atoms with Gasteiger partial charge in [0.2, 0.25) is 0 Å². The van der Waals surface area contributed by atoms with Gasteiger partial charge < -0.3 is 0 Å². The zero-order valence-corrected chi connectivity index (χ0v) is 14.1. The summed E-state index contributed by atoms with van der Waals surface area (Å²) in [4.78, 5) is 3.23. The molecule has 0 radical (unpaired) electrons. The topological polar surface area (TPSA) is 0 Å². The van der Waals surface area contributed by atoms with Crippen molar-refractivity contribution in [1.82, 2.24) is 0 Å². The Morgan fingerprint density at radius 3 is 1.18 bits per heavy atom. The summed E-state index contributed by atoms with van der Waals surface area (Å²) in [6.07, 6.45) is 0. The van der Waals surface area contributed by atoms with Gasteiger partial charge in [0.15, 0.2) is 0 Å². The summed E-state index contributed by atoms with van der Waals surface area (Å²) in [6.45, 7) is 0. The van der Waals surface area contributed by atoms with Crippen LogP contribution in [0.1, 0.15) is 0 Å². The van der Waals surface area contributed by atoms with Crippen LogP contribution in [0.2, 0.25) is 34.5 Å². The van der Waals surface area contributed by atoms with Crippen molar-refractivity contribution in [2.24, 2.45) is 0 Å². The Morgan fingerprint density at radius 2 is 1.00 bits per heavy atom. The van der Waals surface area contributed by atoms with Crippen molar-refractivity contribution < 1.29 is 0 Å². The Balaban J connectivity index is 3.44. The first-order chi connectivity index (χ1) is 4.71. The second kappa shape index (κ2) is 4.67. The van der Waals surface area contributed by atoms with Gasteiger partial charge in [0.05, 0.1) is 0 Å². The van der Waals surface area contributed by atoms with Gasteiger partial charge >= 0.3 is 79.6 Å². The van der Waals surface area contributed by atoms with Crippen LogP contribution in [0.3, 0.4) is 0 Å². The monoisotopic (exact) mass is 298 g/mol. The average molecular weight is 295 g/mol. The van der Waals surface area contributed by atoms with Crippen molar-refractivity contribution in [3.8, 4) is 0 Å².